The average Bonchev–Trinajstić information content (AvgIpc) is 2.47. The van der Waals surface area contributed by atoms with E-state index < -0.39 is 11.9 Å². The average molecular weight is 299 g/mol. The summed E-state index contributed by atoms with van der Waals surface area (Å²) in [5.41, 5.74) is 0.730. The van der Waals surface area contributed by atoms with Gasteiger partial charge < -0.3 is 15.7 Å². The van der Waals surface area contributed by atoms with E-state index in [0.717, 1.165) is 0 Å². The van der Waals surface area contributed by atoms with Crippen LogP contribution in [0, 0.1) is 0 Å². The molecule has 112 valence electrons. The monoisotopic (exact) mass is 299 g/mol. The quantitative estimate of drug-likeness (QED) is 0.800. The molecule has 22 heavy (non-hydrogen) atoms. The number of carboxylic acid groups (broad SMARTS) is 1. The van der Waals surface area contributed by atoms with Crippen molar-refractivity contribution in [3.63, 3.8) is 0 Å². The molecular formula is C15H13N3O4. The molecule has 2 rings (SSSR count). The molecule has 1 heterocycles. The minimum Gasteiger partial charge on any atom is -0.478 e. The Hall–Kier alpha value is -3.22. The third-order valence-electron chi connectivity index (χ3n) is 2.69. The summed E-state index contributed by atoms with van der Waals surface area (Å²) in [4.78, 5) is 37.9. The van der Waals surface area contributed by atoms with Crippen molar-refractivity contribution in [3.05, 3.63) is 53.7 Å². The molecule has 1 aromatic heterocycles. The normalized spacial score (nSPS) is 9.86. The molecule has 1 aromatic carbocycles. The van der Waals surface area contributed by atoms with Crippen LogP contribution in [0.25, 0.3) is 0 Å². The second-order valence-electron chi connectivity index (χ2n) is 4.45. The van der Waals surface area contributed by atoms with Crippen molar-refractivity contribution in [2.75, 3.05) is 10.6 Å². The molecule has 0 saturated carbocycles. The molecule has 0 aliphatic carbocycles. The van der Waals surface area contributed by atoms with Crippen molar-refractivity contribution in [2.45, 2.75) is 6.92 Å². The highest BCUT2D eigenvalue weighted by molar-refractivity contribution is 6.05. The first-order valence-corrected chi connectivity index (χ1v) is 6.34. The standard InChI is InChI=1S/C15H13N3O4/c1-9(19)17-13-8-10(5-6-16-13)14(20)18-12-4-2-3-11(7-12)15(21)22/h2-8H,1H3,(H,18,20)(H,21,22)(H,16,17,19). The molecule has 0 fully saturated rings. The fourth-order valence-electron chi connectivity index (χ4n) is 1.75. The van der Waals surface area contributed by atoms with E-state index in [1.807, 2.05) is 0 Å². The molecule has 0 atom stereocenters. The van der Waals surface area contributed by atoms with E-state index in [2.05, 4.69) is 15.6 Å². The summed E-state index contributed by atoms with van der Waals surface area (Å²) >= 11 is 0. The molecule has 3 N–H and O–H groups in total. The number of anilines is 2. The van der Waals surface area contributed by atoms with E-state index in [1.165, 1.54) is 43.5 Å². The maximum atomic E-state index is 12.1. The molecule has 2 amide bonds. The van der Waals surface area contributed by atoms with Gasteiger partial charge in [-0.25, -0.2) is 9.78 Å². The number of benzene rings is 1. The zero-order valence-electron chi connectivity index (χ0n) is 11.7. The zero-order valence-corrected chi connectivity index (χ0v) is 11.7. The zero-order chi connectivity index (χ0) is 16.1. The first kappa shape index (κ1) is 15.2. The molecule has 2 aromatic rings. The first-order chi connectivity index (χ1) is 10.5. The number of aromatic nitrogens is 1. The Labute approximate surface area is 126 Å². The lowest BCUT2D eigenvalue weighted by Crippen LogP contribution is -2.14. The van der Waals surface area contributed by atoms with Gasteiger partial charge in [0, 0.05) is 24.4 Å². The Morgan fingerprint density at radius 3 is 2.50 bits per heavy atom. The van der Waals surface area contributed by atoms with E-state index in [9.17, 15) is 14.4 Å². The highest BCUT2D eigenvalue weighted by atomic mass is 16.4. The van der Waals surface area contributed by atoms with E-state index in [-0.39, 0.29) is 17.3 Å². The minimum atomic E-state index is -1.08. The van der Waals surface area contributed by atoms with E-state index in [0.29, 0.717) is 11.3 Å². The van der Waals surface area contributed by atoms with Crippen LogP contribution in [0.1, 0.15) is 27.6 Å². The van der Waals surface area contributed by atoms with E-state index in [4.69, 9.17) is 5.11 Å². The van der Waals surface area contributed by atoms with Crippen LogP contribution >= 0.6 is 0 Å². The van der Waals surface area contributed by atoms with Gasteiger partial charge in [-0.3, -0.25) is 9.59 Å². The number of nitrogens with zero attached hydrogens (tertiary/aromatic N) is 1. The largest absolute Gasteiger partial charge is 0.478 e. The van der Waals surface area contributed by atoms with Gasteiger partial charge in [-0.1, -0.05) is 6.07 Å². The Balaban J connectivity index is 2.17. The molecule has 0 saturated heterocycles. The van der Waals surface area contributed by atoms with Crippen LogP contribution in [0.2, 0.25) is 0 Å². The number of pyridine rings is 1. The van der Waals surface area contributed by atoms with Gasteiger partial charge in [0.25, 0.3) is 5.91 Å². The lowest BCUT2D eigenvalue weighted by atomic mass is 10.2. The molecule has 0 unspecified atom stereocenters. The number of nitrogens with one attached hydrogen (secondary N) is 2. The van der Waals surface area contributed by atoms with Crippen LogP contribution in [0.5, 0.6) is 0 Å². The third-order valence-corrected chi connectivity index (χ3v) is 2.69. The summed E-state index contributed by atoms with van der Waals surface area (Å²) < 4.78 is 0. The molecular weight excluding hydrogens is 286 g/mol. The summed E-state index contributed by atoms with van der Waals surface area (Å²) in [5.74, 6) is -1.54. The number of carboxylic acids is 1. The van der Waals surface area contributed by atoms with Gasteiger partial charge in [-0.05, 0) is 30.3 Å². The number of amides is 2. The maximum Gasteiger partial charge on any atom is 0.335 e. The fourth-order valence-corrected chi connectivity index (χ4v) is 1.75. The van der Waals surface area contributed by atoms with Crippen LogP contribution < -0.4 is 10.6 Å². The van der Waals surface area contributed by atoms with Gasteiger partial charge in [0.05, 0.1) is 5.56 Å². The van der Waals surface area contributed by atoms with Crippen LogP contribution in [0.3, 0.4) is 0 Å². The highest BCUT2D eigenvalue weighted by Gasteiger charge is 2.09. The summed E-state index contributed by atoms with van der Waals surface area (Å²) in [6.07, 6.45) is 1.40. The molecule has 7 nitrogen and oxygen atoms in total. The fraction of sp³-hybridized carbons (Fsp3) is 0.0667. The van der Waals surface area contributed by atoms with Gasteiger partial charge >= 0.3 is 5.97 Å². The summed E-state index contributed by atoms with van der Waals surface area (Å²) in [7, 11) is 0. The number of hydrogen-bond donors (Lipinski definition) is 3. The Bertz CT molecular complexity index is 743. The summed E-state index contributed by atoms with van der Waals surface area (Å²) in [6.45, 7) is 1.34. The maximum absolute atomic E-state index is 12.1. The van der Waals surface area contributed by atoms with Gasteiger partial charge in [0.15, 0.2) is 0 Å². The third kappa shape index (κ3) is 3.89. The second-order valence-corrected chi connectivity index (χ2v) is 4.45. The van der Waals surface area contributed by atoms with Crippen molar-refractivity contribution in [1.29, 1.82) is 0 Å². The van der Waals surface area contributed by atoms with Crippen molar-refractivity contribution in [1.82, 2.24) is 4.98 Å². The topological polar surface area (TPSA) is 108 Å². The molecule has 0 aliphatic heterocycles. The first-order valence-electron chi connectivity index (χ1n) is 6.34. The van der Waals surface area contributed by atoms with Crippen LogP contribution in [0.4, 0.5) is 11.5 Å². The molecule has 7 heteroatoms. The number of carbonyl (C=O) groups is 3. The Morgan fingerprint density at radius 2 is 1.82 bits per heavy atom. The van der Waals surface area contributed by atoms with E-state index in [1.54, 1.807) is 6.07 Å². The van der Waals surface area contributed by atoms with Gasteiger partial charge in [0.2, 0.25) is 5.91 Å². The molecule has 0 bridgehead atoms. The van der Waals surface area contributed by atoms with Crippen molar-refractivity contribution in [3.8, 4) is 0 Å². The highest BCUT2D eigenvalue weighted by Crippen LogP contribution is 2.13. The lowest BCUT2D eigenvalue weighted by molar-refractivity contribution is -0.114. The lowest BCUT2D eigenvalue weighted by Gasteiger charge is -2.07. The molecule has 0 aliphatic rings. The molecule has 0 radical (unpaired) electrons. The predicted octanol–water partition coefficient (Wildman–Crippen LogP) is 1.99. The van der Waals surface area contributed by atoms with E-state index >= 15 is 0 Å². The number of carbonyl (C=O) groups excluding carboxylic acids is 2. The SMILES string of the molecule is CC(=O)Nc1cc(C(=O)Nc2cccc(C(=O)O)c2)ccn1. The molecule has 0 spiro atoms. The smallest absolute Gasteiger partial charge is 0.335 e. The van der Waals surface area contributed by atoms with Crippen LogP contribution in [-0.4, -0.2) is 27.9 Å². The Morgan fingerprint density at radius 1 is 1.05 bits per heavy atom. The summed E-state index contributed by atoms with van der Waals surface area (Å²) in [5, 5.41) is 14.0. The van der Waals surface area contributed by atoms with Crippen LogP contribution in [-0.2, 0) is 4.79 Å². The number of aromatic carboxylic acids is 1. The van der Waals surface area contributed by atoms with Gasteiger partial charge in [-0.15, -0.1) is 0 Å². The van der Waals surface area contributed by atoms with Gasteiger partial charge in [0.1, 0.15) is 5.82 Å². The second kappa shape index (κ2) is 6.49. The number of hydrogen-bond acceptors (Lipinski definition) is 4. The summed E-state index contributed by atoms with van der Waals surface area (Å²) in [6, 6.07) is 8.82. The minimum absolute atomic E-state index is 0.0754. The Kier molecular flexibility index (Phi) is 4.47. The van der Waals surface area contributed by atoms with Crippen LogP contribution in [0.15, 0.2) is 42.6 Å². The van der Waals surface area contributed by atoms with Gasteiger partial charge in [-0.2, -0.15) is 0 Å². The predicted molar refractivity (Wildman–Crippen MR) is 79.9 cm³/mol. The van der Waals surface area contributed by atoms with Crippen molar-refractivity contribution < 1.29 is 19.5 Å². The van der Waals surface area contributed by atoms with Crippen molar-refractivity contribution in [2.24, 2.45) is 0 Å². The number of rotatable bonds is 4. The van der Waals surface area contributed by atoms with Crippen molar-refractivity contribution >= 4 is 29.3 Å².